The Morgan fingerprint density at radius 1 is 1.19 bits per heavy atom. The van der Waals surface area contributed by atoms with E-state index in [-0.39, 0.29) is 0 Å². The van der Waals surface area contributed by atoms with E-state index in [0.29, 0.717) is 6.04 Å². The van der Waals surface area contributed by atoms with E-state index in [2.05, 4.69) is 23.1 Å². The van der Waals surface area contributed by atoms with E-state index in [1.54, 1.807) is 14.2 Å². The molecule has 0 bridgehead atoms. The van der Waals surface area contributed by atoms with E-state index in [1.807, 2.05) is 19.2 Å². The van der Waals surface area contributed by atoms with Crippen molar-refractivity contribution < 1.29 is 9.47 Å². The first-order valence-electron chi connectivity index (χ1n) is 7.79. The maximum Gasteiger partial charge on any atom is 0.123 e. The molecule has 1 atom stereocenters. The van der Waals surface area contributed by atoms with E-state index in [9.17, 15) is 0 Å². The highest BCUT2D eigenvalue weighted by Gasteiger charge is 2.19. The summed E-state index contributed by atoms with van der Waals surface area (Å²) in [5.41, 5.74) is 1.18. The van der Waals surface area contributed by atoms with Gasteiger partial charge in [-0.05, 0) is 38.1 Å². The van der Waals surface area contributed by atoms with Crippen molar-refractivity contribution in [3.63, 3.8) is 0 Å². The smallest absolute Gasteiger partial charge is 0.123 e. The third kappa shape index (κ3) is 4.55. The molecular formula is C17H27NO2S. The Morgan fingerprint density at radius 3 is 2.57 bits per heavy atom. The topological polar surface area (TPSA) is 30.5 Å². The first kappa shape index (κ1) is 16.5. The van der Waals surface area contributed by atoms with E-state index in [0.717, 1.165) is 22.5 Å². The van der Waals surface area contributed by atoms with Crippen LogP contribution in [0.3, 0.4) is 0 Å². The molecule has 4 heteroatoms. The molecule has 0 radical (unpaired) electrons. The van der Waals surface area contributed by atoms with Gasteiger partial charge in [-0.1, -0.05) is 19.3 Å². The monoisotopic (exact) mass is 309 g/mol. The van der Waals surface area contributed by atoms with Gasteiger partial charge in [-0.25, -0.2) is 0 Å². The van der Waals surface area contributed by atoms with E-state index in [1.165, 1.54) is 37.7 Å². The lowest BCUT2D eigenvalue weighted by molar-refractivity contribution is 0.394. The molecule has 1 N–H and O–H groups in total. The predicted molar refractivity (Wildman–Crippen MR) is 90.7 cm³/mol. The van der Waals surface area contributed by atoms with Crippen LogP contribution in [0.1, 0.15) is 43.7 Å². The van der Waals surface area contributed by atoms with Crippen LogP contribution in [0, 0.1) is 0 Å². The van der Waals surface area contributed by atoms with Gasteiger partial charge in [0.25, 0.3) is 0 Å². The SMILES string of the molecule is CNC(CSC1CCCCC1)c1cc(OC)ccc1OC. The van der Waals surface area contributed by atoms with Gasteiger partial charge in [0.05, 0.1) is 14.2 Å². The molecular weight excluding hydrogens is 282 g/mol. The molecule has 0 saturated heterocycles. The van der Waals surface area contributed by atoms with Crippen LogP contribution in [0.4, 0.5) is 0 Å². The zero-order valence-electron chi connectivity index (χ0n) is 13.4. The molecule has 1 fully saturated rings. The summed E-state index contributed by atoms with van der Waals surface area (Å²) < 4.78 is 10.9. The molecule has 1 aliphatic carbocycles. The summed E-state index contributed by atoms with van der Waals surface area (Å²) >= 11 is 2.10. The van der Waals surface area contributed by atoms with Crippen LogP contribution in [0.2, 0.25) is 0 Å². The van der Waals surface area contributed by atoms with E-state index < -0.39 is 0 Å². The summed E-state index contributed by atoms with van der Waals surface area (Å²) in [7, 11) is 5.45. The fourth-order valence-corrected chi connectivity index (χ4v) is 4.38. The molecule has 0 spiro atoms. The molecule has 118 valence electrons. The first-order valence-corrected chi connectivity index (χ1v) is 8.84. The highest BCUT2D eigenvalue weighted by atomic mass is 32.2. The number of thioether (sulfide) groups is 1. The van der Waals surface area contributed by atoms with Crippen molar-refractivity contribution in [2.45, 2.75) is 43.4 Å². The van der Waals surface area contributed by atoms with Crippen molar-refractivity contribution in [2.24, 2.45) is 0 Å². The van der Waals surface area contributed by atoms with Gasteiger partial charge in [-0.15, -0.1) is 0 Å². The molecule has 1 unspecified atom stereocenters. The minimum absolute atomic E-state index is 0.293. The van der Waals surface area contributed by atoms with Gasteiger partial charge in [0, 0.05) is 22.6 Å². The third-order valence-electron chi connectivity index (χ3n) is 4.21. The largest absolute Gasteiger partial charge is 0.497 e. The molecule has 3 nitrogen and oxygen atoms in total. The lowest BCUT2D eigenvalue weighted by atomic mass is 10.0. The van der Waals surface area contributed by atoms with Crippen LogP contribution >= 0.6 is 11.8 Å². The van der Waals surface area contributed by atoms with Crippen molar-refractivity contribution in [3.05, 3.63) is 23.8 Å². The van der Waals surface area contributed by atoms with Crippen molar-refractivity contribution >= 4 is 11.8 Å². The summed E-state index contributed by atoms with van der Waals surface area (Å²) in [5, 5.41) is 4.25. The lowest BCUT2D eigenvalue weighted by Gasteiger charge is -2.25. The minimum Gasteiger partial charge on any atom is -0.497 e. The number of methoxy groups -OCH3 is 2. The van der Waals surface area contributed by atoms with Crippen molar-refractivity contribution in [2.75, 3.05) is 27.0 Å². The van der Waals surface area contributed by atoms with Crippen molar-refractivity contribution in [1.82, 2.24) is 5.32 Å². The maximum absolute atomic E-state index is 5.51. The Kier molecular flexibility index (Phi) is 6.71. The van der Waals surface area contributed by atoms with Crippen LogP contribution in [0.25, 0.3) is 0 Å². The molecule has 1 aromatic rings. The standard InChI is InChI=1S/C17H27NO2S/c1-18-16(12-21-14-7-5-4-6-8-14)15-11-13(19-2)9-10-17(15)20-3/h9-11,14,16,18H,4-8,12H2,1-3H3. The van der Waals surface area contributed by atoms with Gasteiger partial charge in [0.15, 0.2) is 0 Å². The van der Waals surface area contributed by atoms with Crippen LogP contribution < -0.4 is 14.8 Å². The lowest BCUT2D eigenvalue weighted by Crippen LogP contribution is -2.21. The number of benzene rings is 1. The van der Waals surface area contributed by atoms with Gasteiger partial charge < -0.3 is 14.8 Å². The average Bonchev–Trinajstić information content (AvgIpc) is 2.56. The third-order valence-corrected chi connectivity index (χ3v) is 5.68. The molecule has 0 aromatic heterocycles. The van der Waals surface area contributed by atoms with Crippen molar-refractivity contribution in [3.8, 4) is 11.5 Å². The van der Waals surface area contributed by atoms with E-state index in [4.69, 9.17) is 9.47 Å². The second-order valence-corrected chi connectivity index (χ2v) is 6.88. The van der Waals surface area contributed by atoms with Crippen LogP contribution in [0.5, 0.6) is 11.5 Å². The second kappa shape index (κ2) is 8.54. The van der Waals surface area contributed by atoms with Gasteiger partial charge in [0.2, 0.25) is 0 Å². The van der Waals surface area contributed by atoms with Gasteiger partial charge >= 0.3 is 0 Å². The quantitative estimate of drug-likeness (QED) is 0.824. The average molecular weight is 309 g/mol. The summed E-state index contributed by atoms with van der Waals surface area (Å²) in [6, 6.07) is 6.32. The maximum atomic E-state index is 5.51. The Hall–Kier alpha value is -0.870. The number of nitrogens with one attached hydrogen (secondary N) is 1. The van der Waals surface area contributed by atoms with Gasteiger partial charge in [-0.3, -0.25) is 0 Å². The number of hydrogen-bond acceptors (Lipinski definition) is 4. The molecule has 0 heterocycles. The zero-order valence-corrected chi connectivity index (χ0v) is 14.2. The predicted octanol–water partition coefficient (Wildman–Crippen LogP) is 4.03. The van der Waals surface area contributed by atoms with Crippen molar-refractivity contribution in [1.29, 1.82) is 0 Å². The van der Waals surface area contributed by atoms with Crippen LogP contribution in [0.15, 0.2) is 18.2 Å². The molecule has 0 amide bonds. The molecule has 2 rings (SSSR count). The fourth-order valence-electron chi connectivity index (χ4n) is 2.90. The fraction of sp³-hybridized carbons (Fsp3) is 0.647. The Bertz CT molecular complexity index is 433. The first-order chi connectivity index (χ1) is 10.3. The Balaban J connectivity index is 2.04. The van der Waals surface area contributed by atoms with Gasteiger partial charge in [0.1, 0.15) is 11.5 Å². The molecule has 1 aromatic carbocycles. The van der Waals surface area contributed by atoms with Gasteiger partial charge in [-0.2, -0.15) is 11.8 Å². The highest BCUT2D eigenvalue weighted by Crippen LogP contribution is 2.34. The number of ether oxygens (including phenoxy) is 2. The Labute approximate surface area is 132 Å². The molecule has 0 aliphatic heterocycles. The minimum atomic E-state index is 0.293. The summed E-state index contributed by atoms with van der Waals surface area (Å²) in [6.45, 7) is 0. The number of rotatable bonds is 7. The Morgan fingerprint density at radius 2 is 1.95 bits per heavy atom. The van der Waals surface area contributed by atoms with E-state index >= 15 is 0 Å². The highest BCUT2D eigenvalue weighted by molar-refractivity contribution is 7.99. The molecule has 1 aliphatic rings. The molecule has 21 heavy (non-hydrogen) atoms. The molecule has 1 saturated carbocycles. The van der Waals surface area contributed by atoms with Crippen LogP contribution in [-0.4, -0.2) is 32.3 Å². The summed E-state index contributed by atoms with van der Waals surface area (Å²) in [4.78, 5) is 0. The zero-order chi connectivity index (χ0) is 15.1. The summed E-state index contributed by atoms with van der Waals surface area (Å²) in [5.74, 6) is 2.89. The summed E-state index contributed by atoms with van der Waals surface area (Å²) in [6.07, 6.45) is 6.94. The number of hydrogen-bond donors (Lipinski definition) is 1. The second-order valence-electron chi connectivity index (χ2n) is 5.54. The normalized spacial score (nSPS) is 17.5. The van der Waals surface area contributed by atoms with Crippen LogP contribution in [-0.2, 0) is 0 Å².